The first kappa shape index (κ1) is 12.9. The molecule has 1 aromatic carbocycles. The molecule has 0 bridgehead atoms. The third-order valence-electron chi connectivity index (χ3n) is 2.32. The number of ether oxygens (including phenoxy) is 1. The molecule has 0 aliphatic carbocycles. The Balaban J connectivity index is 2.21. The fraction of sp³-hybridized carbons (Fsp3) is 0.167. The lowest BCUT2D eigenvalue weighted by molar-refractivity contribution is 0.415. The van der Waals surface area contributed by atoms with E-state index >= 15 is 0 Å². The smallest absolute Gasteiger partial charge is 0.224 e. The van der Waals surface area contributed by atoms with Crippen LogP contribution in [0.4, 0.5) is 17.5 Å². The number of aromatic nitrogens is 2. The summed E-state index contributed by atoms with van der Waals surface area (Å²) in [5, 5.41) is 6.16. The van der Waals surface area contributed by atoms with Gasteiger partial charge in [0.2, 0.25) is 5.95 Å². The van der Waals surface area contributed by atoms with Crippen LogP contribution in [0.25, 0.3) is 0 Å². The van der Waals surface area contributed by atoms with Crippen molar-refractivity contribution >= 4 is 40.0 Å². The van der Waals surface area contributed by atoms with Crippen LogP contribution in [-0.2, 0) is 0 Å². The molecule has 2 N–H and O–H groups in total. The molecule has 0 unspecified atom stereocenters. The summed E-state index contributed by atoms with van der Waals surface area (Å²) in [6.07, 6.45) is 1.77. The lowest BCUT2D eigenvalue weighted by atomic mass is 10.3. The van der Waals surface area contributed by atoms with Crippen molar-refractivity contribution in [1.29, 1.82) is 0 Å². The lowest BCUT2D eigenvalue weighted by Crippen LogP contribution is -2.02. The molecule has 0 atom stereocenters. The van der Waals surface area contributed by atoms with Crippen LogP contribution >= 0.6 is 22.6 Å². The quantitative estimate of drug-likeness (QED) is 0.825. The first-order valence-corrected chi connectivity index (χ1v) is 6.42. The van der Waals surface area contributed by atoms with Crippen LogP contribution in [0.2, 0.25) is 0 Å². The summed E-state index contributed by atoms with van der Waals surface area (Å²) >= 11 is 2.19. The summed E-state index contributed by atoms with van der Waals surface area (Å²) in [5.74, 6) is 2.19. The van der Waals surface area contributed by atoms with Crippen molar-refractivity contribution in [2.24, 2.45) is 0 Å². The fourth-order valence-electron chi connectivity index (χ4n) is 1.39. The maximum atomic E-state index is 5.11. The Kier molecular flexibility index (Phi) is 4.19. The molecule has 0 radical (unpaired) electrons. The average Bonchev–Trinajstić information content (AvgIpc) is 2.42. The van der Waals surface area contributed by atoms with Gasteiger partial charge in [-0.3, -0.25) is 0 Å². The van der Waals surface area contributed by atoms with E-state index in [0.717, 1.165) is 20.8 Å². The lowest BCUT2D eigenvalue weighted by Gasteiger charge is -2.09. The molecule has 6 heteroatoms. The van der Waals surface area contributed by atoms with Gasteiger partial charge < -0.3 is 15.4 Å². The first-order chi connectivity index (χ1) is 8.72. The SMILES string of the molecule is CNc1ncc(I)c(Nc2ccc(OC)cc2)n1. The Bertz CT molecular complexity index is 530. The molecule has 0 amide bonds. The zero-order valence-electron chi connectivity index (χ0n) is 10.1. The topological polar surface area (TPSA) is 59.1 Å². The number of nitrogens with zero attached hydrogens (tertiary/aromatic N) is 2. The summed E-state index contributed by atoms with van der Waals surface area (Å²) in [6.45, 7) is 0. The van der Waals surface area contributed by atoms with Gasteiger partial charge in [0.1, 0.15) is 11.6 Å². The van der Waals surface area contributed by atoms with Gasteiger partial charge in [-0.15, -0.1) is 0 Å². The highest BCUT2D eigenvalue weighted by molar-refractivity contribution is 14.1. The number of halogens is 1. The van der Waals surface area contributed by atoms with E-state index in [0.29, 0.717) is 5.95 Å². The van der Waals surface area contributed by atoms with E-state index in [-0.39, 0.29) is 0 Å². The number of hydrogen-bond acceptors (Lipinski definition) is 5. The number of hydrogen-bond donors (Lipinski definition) is 2. The second kappa shape index (κ2) is 5.85. The number of rotatable bonds is 4. The van der Waals surface area contributed by atoms with E-state index in [4.69, 9.17) is 4.74 Å². The van der Waals surface area contributed by atoms with Crippen molar-refractivity contribution in [2.75, 3.05) is 24.8 Å². The minimum Gasteiger partial charge on any atom is -0.497 e. The molecule has 0 saturated heterocycles. The molecule has 18 heavy (non-hydrogen) atoms. The minimum atomic E-state index is 0.589. The Labute approximate surface area is 119 Å². The van der Waals surface area contributed by atoms with Crippen LogP contribution in [-0.4, -0.2) is 24.1 Å². The molecular weight excluding hydrogens is 343 g/mol. The maximum absolute atomic E-state index is 5.11. The molecule has 0 spiro atoms. The largest absolute Gasteiger partial charge is 0.497 e. The first-order valence-electron chi connectivity index (χ1n) is 5.34. The van der Waals surface area contributed by atoms with Crippen molar-refractivity contribution in [2.45, 2.75) is 0 Å². The molecule has 0 fully saturated rings. The molecule has 1 aromatic heterocycles. The summed E-state index contributed by atoms with van der Waals surface area (Å²) in [4.78, 5) is 8.49. The van der Waals surface area contributed by atoms with Gasteiger partial charge in [-0.05, 0) is 46.9 Å². The molecule has 5 nitrogen and oxygen atoms in total. The normalized spacial score (nSPS) is 9.94. The van der Waals surface area contributed by atoms with Crippen molar-refractivity contribution in [3.8, 4) is 5.75 Å². The maximum Gasteiger partial charge on any atom is 0.224 e. The van der Waals surface area contributed by atoms with Crippen molar-refractivity contribution in [1.82, 2.24) is 9.97 Å². The van der Waals surface area contributed by atoms with Gasteiger partial charge in [0.05, 0.1) is 10.7 Å². The molecular formula is C12H13IN4O. The Morgan fingerprint density at radius 2 is 1.94 bits per heavy atom. The van der Waals surface area contributed by atoms with Gasteiger partial charge >= 0.3 is 0 Å². The summed E-state index contributed by atoms with van der Waals surface area (Å²) in [6, 6.07) is 7.68. The summed E-state index contributed by atoms with van der Waals surface area (Å²) in [7, 11) is 3.44. The zero-order valence-corrected chi connectivity index (χ0v) is 12.2. The van der Waals surface area contributed by atoms with E-state index in [1.54, 1.807) is 20.4 Å². The van der Waals surface area contributed by atoms with Crippen molar-refractivity contribution in [3.63, 3.8) is 0 Å². The van der Waals surface area contributed by atoms with E-state index in [2.05, 4.69) is 43.2 Å². The van der Waals surface area contributed by atoms with Crippen LogP contribution in [0.3, 0.4) is 0 Å². The predicted octanol–water partition coefficient (Wildman–Crippen LogP) is 2.88. The standard InChI is InChI=1S/C12H13IN4O/c1-14-12-15-7-10(13)11(17-12)16-8-3-5-9(18-2)6-4-8/h3-7H,1-2H3,(H2,14,15,16,17). The molecule has 0 aliphatic rings. The van der Waals surface area contributed by atoms with E-state index in [1.807, 2.05) is 24.3 Å². The summed E-state index contributed by atoms with van der Waals surface area (Å²) < 4.78 is 6.08. The van der Waals surface area contributed by atoms with E-state index in [1.165, 1.54) is 0 Å². The molecule has 2 aromatic rings. The molecule has 1 heterocycles. The number of anilines is 3. The van der Waals surface area contributed by atoms with Gasteiger partial charge in [0.25, 0.3) is 0 Å². The molecule has 2 rings (SSSR count). The van der Waals surface area contributed by atoms with Gasteiger partial charge in [-0.25, -0.2) is 4.98 Å². The van der Waals surface area contributed by atoms with Crippen LogP contribution in [0.5, 0.6) is 5.75 Å². The molecule has 0 saturated carbocycles. The molecule has 94 valence electrons. The highest BCUT2D eigenvalue weighted by atomic mass is 127. The monoisotopic (exact) mass is 356 g/mol. The highest BCUT2D eigenvalue weighted by Gasteiger charge is 2.04. The van der Waals surface area contributed by atoms with Crippen molar-refractivity contribution < 1.29 is 4.74 Å². The van der Waals surface area contributed by atoms with Gasteiger partial charge in [0.15, 0.2) is 0 Å². The van der Waals surface area contributed by atoms with Crippen LogP contribution in [0, 0.1) is 3.57 Å². The Morgan fingerprint density at radius 3 is 2.56 bits per heavy atom. The van der Waals surface area contributed by atoms with E-state index < -0.39 is 0 Å². The second-order valence-electron chi connectivity index (χ2n) is 3.49. The van der Waals surface area contributed by atoms with Crippen LogP contribution < -0.4 is 15.4 Å². The fourth-order valence-corrected chi connectivity index (χ4v) is 1.78. The number of nitrogens with one attached hydrogen (secondary N) is 2. The Morgan fingerprint density at radius 1 is 1.22 bits per heavy atom. The van der Waals surface area contributed by atoms with Crippen LogP contribution in [0.1, 0.15) is 0 Å². The predicted molar refractivity (Wildman–Crippen MR) is 80.6 cm³/mol. The third kappa shape index (κ3) is 3.00. The number of methoxy groups -OCH3 is 1. The van der Waals surface area contributed by atoms with Gasteiger partial charge in [-0.2, -0.15) is 4.98 Å². The number of benzene rings is 1. The summed E-state index contributed by atoms with van der Waals surface area (Å²) in [5.41, 5.74) is 0.953. The van der Waals surface area contributed by atoms with Gasteiger partial charge in [-0.1, -0.05) is 0 Å². The zero-order chi connectivity index (χ0) is 13.0. The van der Waals surface area contributed by atoms with Gasteiger partial charge in [0, 0.05) is 18.9 Å². The van der Waals surface area contributed by atoms with Crippen molar-refractivity contribution in [3.05, 3.63) is 34.0 Å². The van der Waals surface area contributed by atoms with E-state index in [9.17, 15) is 0 Å². The highest BCUT2D eigenvalue weighted by Crippen LogP contribution is 2.22. The molecule has 0 aliphatic heterocycles. The minimum absolute atomic E-state index is 0.589. The average molecular weight is 356 g/mol. The third-order valence-corrected chi connectivity index (χ3v) is 3.11. The Hall–Kier alpha value is -1.57. The second-order valence-corrected chi connectivity index (χ2v) is 4.66. The van der Waals surface area contributed by atoms with Crippen LogP contribution in [0.15, 0.2) is 30.5 Å².